The van der Waals surface area contributed by atoms with E-state index < -0.39 is 30.1 Å². The van der Waals surface area contributed by atoms with Crippen LogP contribution < -0.4 is 5.32 Å². The molecule has 0 bridgehead atoms. The Kier molecular flexibility index (Phi) is 3.29. The maximum absolute atomic E-state index is 12.1. The summed E-state index contributed by atoms with van der Waals surface area (Å²) in [7, 11) is 0. The number of carbonyl (C=O) groups is 1. The molecule has 0 saturated heterocycles. The van der Waals surface area contributed by atoms with Gasteiger partial charge in [-0.2, -0.15) is 36.4 Å². The SMILES string of the molecule is O=C(Nc1ncn[nH]1)C(C(F)(F)F)C(F)(F)F. The fraction of sp³-hybridized carbons (Fsp3) is 0.500. The van der Waals surface area contributed by atoms with Crippen molar-refractivity contribution in [3.63, 3.8) is 0 Å². The Labute approximate surface area is 89.2 Å². The first-order valence-corrected chi connectivity index (χ1v) is 3.92. The summed E-state index contributed by atoms with van der Waals surface area (Å²) in [6.45, 7) is 0. The van der Waals surface area contributed by atoms with E-state index in [1.54, 1.807) is 0 Å². The van der Waals surface area contributed by atoms with Crippen molar-refractivity contribution in [2.75, 3.05) is 5.32 Å². The van der Waals surface area contributed by atoms with Crippen LogP contribution in [0, 0.1) is 5.92 Å². The van der Waals surface area contributed by atoms with E-state index in [2.05, 4.69) is 10.1 Å². The maximum Gasteiger partial charge on any atom is 0.409 e. The second-order valence-electron chi connectivity index (χ2n) is 2.84. The van der Waals surface area contributed by atoms with Crippen LogP contribution in [0.4, 0.5) is 32.3 Å². The highest BCUT2D eigenvalue weighted by molar-refractivity contribution is 5.91. The molecule has 11 heteroatoms. The largest absolute Gasteiger partial charge is 0.409 e. The lowest BCUT2D eigenvalue weighted by Gasteiger charge is -2.21. The van der Waals surface area contributed by atoms with Gasteiger partial charge in [-0.1, -0.05) is 0 Å². The minimum Gasteiger partial charge on any atom is -0.294 e. The lowest BCUT2D eigenvalue weighted by molar-refractivity contribution is -0.272. The molecular weight excluding hydrogens is 258 g/mol. The summed E-state index contributed by atoms with van der Waals surface area (Å²) in [5.74, 6) is -6.99. The fourth-order valence-electron chi connectivity index (χ4n) is 0.937. The van der Waals surface area contributed by atoms with Gasteiger partial charge in [-0.25, -0.2) is 5.10 Å². The molecule has 17 heavy (non-hydrogen) atoms. The molecule has 0 aliphatic heterocycles. The van der Waals surface area contributed by atoms with Gasteiger partial charge >= 0.3 is 12.4 Å². The van der Waals surface area contributed by atoms with Gasteiger partial charge in [0.1, 0.15) is 6.33 Å². The number of H-pyrrole nitrogens is 1. The minimum atomic E-state index is -5.73. The molecule has 0 aromatic carbocycles. The number of anilines is 1. The van der Waals surface area contributed by atoms with Gasteiger partial charge in [0.15, 0.2) is 0 Å². The lowest BCUT2D eigenvalue weighted by Crippen LogP contribution is -2.45. The van der Waals surface area contributed by atoms with Crippen molar-refractivity contribution in [2.45, 2.75) is 12.4 Å². The van der Waals surface area contributed by atoms with Crippen LogP contribution in [-0.2, 0) is 4.79 Å². The molecule has 0 aliphatic carbocycles. The Morgan fingerprint density at radius 3 is 2.12 bits per heavy atom. The van der Waals surface area contributed by atoms with Gasteiger partial charge < -0.3 is 0 Å². The van der Waals surface area contributed by atoms with Gasteiger partial charge in [-0.15, -0.1) is 0 Å². The van der Waals surface area contributed by atoms with E-state index in [9.17, 15) is 31.1 Å². The average molecular weight is 262 g/mol. The van der Waals surface area contributed by atoms with Crippen molar-refractivity contribution < 1.29 is 31.1 Å². The molecule has 96 valence electrons. The minimum absolute atomic E-state index is 0.603. The predicted octanol–water partition coefficient (Wildman–Crippen LogP) is 1.48. The number of hydrogen-bond donors (Lipinski definition) is 2. The standard InChI is InChI=1S/C6H4F6N4O/c7-5(8,9)2(6(10,11)12)3(17)15-4-13-1-14-16-4/h1-2H,(H2,13,14,15,16,17). The van der Waals surface area contributed by atoms with E-state index in [0.29, 0.717) is 0 Å². The summed E-state index contributed by atoms with van der Waals surface area (Å²) in [5, 5.41) is 6.37. The number of amides is 1. The van der Waals surface area contributed by atoms with E-state index >= 15 is 0 Å². The molecule has 0 unspecified atom stereocenters. The monoisotopic (exact) mass is 262 g/mol. The van der Waals surface area contributed by atoms with Crippen LogP contribution in [0.25, 0.3) is 0 Å². The number of rotatable bonds is 2. The second-order valence-corrected chi connectivity index (χ2v) is 2.84. The number of aromatic nitrogens is 3. The highest BCUT2D eigenvalue weighted by atomic mass is 19.4. The number of alkyl halides is 6. The number of aromatic amines is 1. The maximum atomic E-state index is 12.1. The van der Waals surface area contributed by atoms with Gasteiger partial charge in [-0.3, -0.25) is 10.1 Å². The molecule has 0 aliphatic rings. The average Bonchev–Trinajstić information content (AvgIpc) is 2.49. The Morgan fingerprint density at radius 1 is 1.24 bits per heavy atom. The van der Waals surface area contributed by atoms with Gasteiger partial charge in [-0.05, 0) is 0 Å². The summed E-state index contributed by atoms with van der Waals surface area (Å²) in [5.41, 5.74) is 0. The molecule has 0 radical (unpaired) electrons. The van der Waals surface area contributed by atoms with Gasteiger partial charge in [0, 0.05) is 0 Å². The molecule has 1 aromatic heterocycles. The van der Waals surface area contributed by atoms with Crippen molar-refractivity contribution >= 4 is 11.9 Å². The van der Waals surface area contributed by atoms with Crippen LogP contribution in [0.1, 0.15) is 0 Å². The van der Waals surface area contributed by atoms with Crippen LogP contribution in [0.2, 0.25) is 0 Å². The van der Waals surface area contributed by atoms with Crippen LogP contribution in [-0.4, -0.2) is 33.4 Å². The van der Waals surface area contributed by atoms with E-state index in [1.165, 1.54) is 5.32 Å². The summed E-state index contributed by atoms with van der Waals surface area (Å²) in [4.78, 5) is 14.0. The molecule has 1 amide bonds. The Hall–Kier alpha value is -1.81. The third-order valence-electron chi connectivity index (χ3n) is 1.57. The Balaban J connectivity index is 2.89. The molecule has 0 spiro atoms. The molecule has 1 heterocycles. The summed E-state index contributed by atoms with van der Waals surface area (Å²) in [6.07, 6.45) is -10.7. The number of nitrogens with one attached hydrogen (secondary N) is 2. The highest BCUT2D eigenvalue weighted by Crippen LogP contribution is 2.39. The molecule has 0 saturated carbocycles. The molecule has 5 nitrogen and oxygen atoms in total. The number of carbonyl (C=O) groups excluding carboxylic acids is 1. The topological polar surface area (TPSA) is 70.7 Å². The van der Waals surface area contributed by atoms with E-state index in [0.717, 1.165) is 6.33 Å². The van der Waals surface area contributed by atoms with Crippen LogP contribution in [0.15, 0.2) is 6.33 Å². The van der Waals surface area contributed by atoms with Gasteiger partial charge in [0.05, 0.1) is 0 Å². The number of nitrogens with zero attached hydrogens (tertiary/aromatic N) is 2. The van der Waals surface area contributed by atoms with Gasteiger partial charge in [0.25, 0.3) is 0 Å². The van der Waals surface area contributed by atoms with Gasteiger partial charge in [0.2, 0.25) is 17.8 Å². The van der Waals surface area contributed by atoms with Crippen LogP contribution in [0.3, 0.4) is 0 Å². The third kappa shape index (κ3) is 3.32. The van der Waals surface area contributed by atoms with Crippen molar-refractivity contribution in [1.82, 2.24) is 15.2 Å². The third-order valence-corrected chi connectivity index (χ3v) is 1.57. The first-order chi connectivity index (χ1) is 7.62. The summed E-state index contributed by atoms with van der Waals surface area (Å²) >= 11 is 0. The summed E-state index contributed by atoms with van der Waals surface area (Å²) < 4.78 is 72.4. The number of halogens is 6. The summed E-state index contributed by atoms with van der Waals surface area (Å²) in [6, 6.07) is 0. The lowest BCUT2D eigenvalue weighted by atomic mass is 10.1. The van der Waals surface area contributed by atoms with E-state index in [4.69, 9.17) is 0 Å². The zero-order chi connectivity index (χ0) is 13.3. The first kappa shape index (κ1) is 13.3. The smallest absolute Gasteiger partial charge is 0.294 e. The normalized spacial score (nSPS) is 12.9. The first-order valence-electron chi connectivity index (χ1n) is 3.92. The van der Waals surface area contributed by atoms with Crippen molar-refractivity contribution in [3.8, 4) is 0 Å². The zero-order valence-electron chi connectivity index (χ0n) is 7.73. The highest BCUT2D eigenvalue weighted by Gasteiger charge is 2.61. The zero-order valence-corrected chi connectivity index (χ0v) is 7.73. The molecular formula is C6H4F6N4O. The molecule has 1 rings (SSSR count). The molecule has 0 atom stereocenters. The fourth-order valence-corrected chi connectivity index (χ4v) is 0.937. The second kappa shape index (κ2) is 4.22. The van der Waals surface area contributed by atoms with Crippen LogP contribution in [0.5, 0.6) is 0 Å². The molecule has 2 N–H and O–H groups in total. The van der Waals surface area contributed by atoms with E-state index in [-0.39, 0.29) is 0 Å². The Bertz CT molecular complexity index is 368. The van der Waals surface area contributed by atoms with E-state index in [1.807, 2.05) is 5.10 Å². The Morgan fingerprint density at radius 2 is 1.76 bits per heavy atom. The van der Waals surface area contributed by atoms with Crippen molar-refractivity contribution in [2.24, 2.45) is 5.92 Å². The molecule has 0 fully saturated rings. The van der Waals surface area contributed by atoms with Crippen molar-refractivity contribution in [3.05, 3.63) is 6.33 Å². The number of hydrogen-bond acceptors (Lipinski definition) is 3. The quantitative estimate of drug-likeness (QED) is 0.793. The van der Waals surface area contributed by atoms with Crippen LogP contribution >= 0.6 is 0 Å². The van der Waals surface area contributed by atoms with Crippen molar-refractivity contribution in [1.29, 1.82) is 0 Å². The molecule has 1 aromatic rings. The predicted molar refractivity (Wildman–Crippen MR) is 40.6 cm³/mol.